The van der Waals surface area contributed by atoms with Crippen molar-refractivity contribution in [1.29, 1.82) is 0 Å². The summed E-state index contributed by atoms with van der Waals surface area (Å²) in [5, 5.41) is 8.25. The van der Waals surface area contributed by atoms with E-state index in [2.05, 4.69) is 12.2 Å². The van der Waals surface area contributed by atoms with Crippen molar-refractivity contribution in [3.63, 3.8) is 0 Å². The maximum atomic E-state index is 8.25. The van der Waals surface area contributed by atoms with Gasteiger partial charge in [0.1, 0.15) is 0 Å². The van der Waals surface area contributed by atoms with Crippen LogP contribution in [0.2, 0.25) is 0 Å². The minimum Gasteiger partial charge on any atom is -0.554 e. The summed E-state index contributed by atoms with van der Waals surface area (Å²) < 4.78 is 0. The molecule has 0 fully saturated rings. The SMILES string of the molecule is O=C[O-].[C-]1=CC=CC1.[Fe+2]. The first-order valence-corrected chi connectivity index (χ1v) is 2.19. The van der Waals surface area contributed by atoms with Crippen LogP contribution in [-0.4, -0.2) is 6.47 Å². The molecule has 0 bridgehead atoms. The third-order valence-electron chi connectivity index (χ3n) is 0.586. The van der Waals surface area contributed by atoms with Crippen LogP contribution >= 0.6 is 0 Å². The van der Waals surface area contributed by atoms with Gasteiger partial charge in [-0.25, -0.2) is 12.2 Å². The van der Waals surface area contributed by atoms with Gasteiger partial charge in [-0.2, -0.15) is 6.08 Å². The van der Waals surface area contributed by atoms with Crippen LogP contribution in [0.3, 0.4) is 0 Å². The van der Waals surface area contributed by atoms with E-state index in [0.717, 1.165) is 6.42 Å². The molecule has 0 amide bonds. The van der Waals surface area contributed by atoms with Crippen molar-refractivity contribution in [2.45, 2.75) is 6.42 Å². The van der Waals surface area contributed by atoms with Gasteiger partial charge in [0.15, 0.2) is 0 Å². The maximum absolute atomic E-state index is 8.25. The van der Waals surface area contributed by atoms with E-state index in [1.165, 1.54) is 0 Å². The average molecular weight is 166 g/mol. The van der Waals surface area contributed by atoms with Crippen LogP contribution in [0.15, 0.2) is 18.2 Å². The van der Waals surface area contributed by atoms with Crippen LogP contribution in [0.4, 0.5) is 0 Å². The minimum atomic E-state index is -0.500. The summed E-state index contributed by atoms with van der Waals surface area (Å²) >= 11 is 0. The molecule has 2 nitrogen and oxygen atoms in total. The van der Waals surface area contributed by atoms with E-state index in [-0.39, 0.29) is 17.1 Å². The number of hydrogen-bond donors (Lipinski definition) is 0. The third-order valence-corrected chi connectivity index (χ3v) is 0.586. The number of hydrogen-bond acceptors (Lipinski definition) is 2. The first-order valence-electron chi connectivity index (χ1n) is 2.19. The van der Waals surface area contributed by atoms with Gasteiger partial charge in [-0.05, 0) is 0 Å². The normalized spacial score (nSPS) is 11.1. The molecule has 0 heterocycles. The second-order valence-electron chi connectivity index (χ2n) is 1.10. The molecule has 0 aliphatic heterocycles. The number of rotatable bonds is 0. The van der Waals surface area contributed by atoms with E-state index in [1.807, 2.05) is 12.2 Å². The molecule has 0 aromatic carbocycles. The molecule has 0 spiro atoms. The standard InChI is InChI=1S/C5H5.CH2O2.Fe/c1-2-4-5-3-1;2-1-3;/h1-3H,4H2;1H,(H,2,3);/q-1;;+2/p-1. The van der Waals surface area contributed by atoms with Crippen molar-refractivity contribution in [3.8, 4) is 0 Å². The van der Waals surface area contributed by atoms with Crippen LogP contribution in [0, 0.1) is 6.08 Å². The Morgan fingerprint density at radius 3 is 2.33 bits per heavy atom. The summed E-state index contributed by atoms with van der Waals surface area (Å²) in [6.45, 7) is -0.500. The van der Waals surface area contributed by atoms with Crippen LogP contribution in [0.1, 0.15) is 6.42 Å². The molecule has 0 saturated carbocycles. The Morgan fingerprint density at radius 2 is 2.22 bits per heavy atom. The van der Waals surface area contributed by atoms with E-state index >= 15 is 0 Å². The van der Waals surface area contributed by atoms with Crippen molar-refractivity contribution in [2.24, 2.45) is 0 Å². The largest absolute Gasteiger partial charge is 2.00 e. The zero-order valence-corrected chi connectivity index (χ0v) is 5.79. The zero-order valence-electron chi connectivity index (χ0n) is 4.69. The Morgan fingerprint density at radius 1 is 1.67 bits per heavy atom. The molecule has 0 unspecified atom stereocenters. The van der Waals surface area contributed by atoms with Crippen molar-refractivity contribution in [2.75, 3.05) is 0 Å². The molecule has 1 rings (SSSR count). The van der Waals surface area contributed by atoms with Crippen LogP contribution in [0.5, 0.6) is 0 Å². The number of carboxylic acid groups (broad SMARTS) is 1. The smallest absolute Gasteiger partial charge is 0.554 e. The summed E-state index contributed by atoms with van der Waals surface area (Å²) in [5.41, 5.74) is 0. The number of allylic oxidation sites excluding steroid dienone is 4. The van der Waals surface area contributed by atoms with E-state index in [9.17, 15) is 0 Å². The molecule has 0 atom stereocenters. The molecule has 0 saturated heterocycles. The Kier molecular flexibility index (Phi) is 13.1. The average Bonchev–Trinajstić information content (AvgIpc) is 2.17. The summed E-state index contributed by atoms with van der Waals surface area (Å²) in [7, 11) is 0. The number of carbonyl (C=O) groups excluding carboxylic acids is 1. The second-order valence-corrected chi connectivity index (χ2v) is 1.10. The fourth-order valence-corrected chi connectivity index (χ4v) is 0.340. The van der Waals surface area contributed by atoms with E-state index in [0.29, 0.717) is 0 Å². The van der Waals surface area contributed by atoms with Gasteiger partial charge in [0.2, 0.25) is 0 Å². The van der Waals surface area contributed by atoms with Gasteiger partial charge >= 0.3 is 17.1 Å². The first-order chi connectivity index (χ1) is 3.91. The van der Waals surface area contributed by atoms with Crippen LogP contribution in [-0.2, 0) is 21.9 Å². The predicted molar refractivity (Wildman–Crippen MR) is 27.6 cm³/mol. The molecule has 3 heteroatoms. The third kappa shape index (κ3) is 11.2. The quantitative estimate of drug-likeness (QED) is 0.281. The van der Waals surface area contributed by atoms with Gasteiger partial charge in [0.25, 0.3) is 0 Å². The monoisotopic (exact) mass is 166 g/mol. The summed E-state index contributed by atoms with van der Waals surface area (Å²) in [6.07, 6.45) is 10.0. The summed E-state index contributed by atoms with van der Waals surface area (Å²) in [6, 6.07) is 0. The maximum Gasteiger partial charge on any atom is 2.00 e. The molecule has 0 N–H and O–H groups in total. The molecular formula is C6H6FeO2. The minimum absolute atomic E-state index is 0. The van der Waals surface area contributed by atoms with E-state index in [4.69, 9.17) is 9.90 Å². The van der Waals surface area contributed by atoms with Crippen LogP contribution in [0.25, 0.3) is 0 Å². The first kappa shape index (κ1) is 11.3. The predicted octanol–water partition coefficient (Wildman–Crippen LogP) is -0.331. The molecule has 50 valence electrons. The topological polar surface area (TPSA) is 40.1 Å². The van der Waals surface area contributed by atoms with E-state index in [1.54, 1.807) is 0 Å². The van der Waals surface area contributed by atoms with Crippen molar-refractivity contribution in [1.82, 2.24) is 0 Å². The molecule has 1 aliphatic carbocycles. The van der Waals surface area contributed by atoms with Gasteiger partial charge < -0.3 is 9.90 Å². The van der Waals surface area contributed by atoms with Crippen molar-refractivity contribution in [3.05, 3.63) is 24.3 Å². The number of carbonyl (C=O) groups is 1. The Labute approximate surface area is 64.7 Å². The Hall–Kier alpha value is -0.531. The molecule has 1 aliphatic rings. The van der Waals surface area contributed by atoms with Crippen molar-refractivity contribution < 1.29 is 27.0 Å². The summed E-state index contributed by atoms with van der Waals surface area (Å²) in [5.74, 6) is 0. The molecule has 0 aromatic rings. The van der Waals surface area contributed by atoms with Gasteiger partial charge in [-0.15, -0.1) is 6.42 Å². The zero-order chi connectivity index (χ0) is 6.24. The molecule has 0 radical (unpaired) electrons. The fraction of sp³-hybridized carbons (Fsp3) is 0.167. The second kappa shape index (κ2) is 10.5. The van der Waals surface area contributed by atoms with Gasteiger partial charge in [-0.1, -0.05) is 0 Å². The Bertz CT molecular complexity index is 97.6. The molecule has 9 heavy (non-hydrogen) atoms. The fourth-order valence-electron chi connectivity index (χ4n) is 0.340. The summed E-state index contributed by atoms with van der Waals surface area (Å²) in [4.78, 5) is 8.25. The molecule has 0 aromatic heterocycles. The van der Waals surface area contributed by atoms with Crippen molar-refractivity contribution >= 4 is 6.47 Å². The van der Waals surface area contributed by atoms with Gasteiger partial charge in [0, 0.05) is 6.47 Å². The van der Waals surface area contributed by atoms with Crippen LogP contribution < -0.4 is 5.11 Å². The molecular weight excluding hydrogens is 160 g/mol. The van der Waals surface area contributed by atoms with Gasteiger partial charge in [-0.3, -0.25) is 6.08 Å². The Balaban J connectivity index is 0. The van der Waals surface area contributed by atoms with Gasteiger partial charge in [0.05, 0.1) is 0 Å². The van der Waals surface area contributed by atoms with E-state index < -0.39 is 6.47 Å².